The predicted octanol–water partition coefficient (Wildman–Crippen LogP) is 0.479. The van der Waals surface area contributed by atoms with E-state index >= 15 is 0 Å². The van der Waals surface area contributed by atoms with Gasteiger partial charge in [-0.05, 0) is 18.2 Å². The molecule has 0 bridgehead atoms. The van der Waals surface area contributed by atoms with Crippen LogP contribution in [0.25, 0.3) is 0 Å². The molecule has 1 fully saturated rings. The molecule has 2 aromatic rings. The number of piperidine rings is 1. The first-order valence-corrected chi connectivity index (χ1v) is 6.81. The quantitative estimate of drug-likeness (QED) is 0.837. The summed E-state index contributed by atoms with van der Waals surface area (Å²) in [5, 5.41) is 15.7. The summed E-state index contributed by atoms with van der Waals surface area (Å²) in [5.41, 5.74) is 11.0. The summed E-state index contributed by atoms with van der Waals surface area (Å²) in [4.78, 5) is 2.17. The summed E-state index contributed by atoms with van der Waals surface area (Å²) < 4.78 is 5.80. The Morgan fingerprint density at radius 2 is 1.57 bits per heavy atom. The maximum atomic E-state index is 5.80. The van der Waals surface area contributed by atoms with Crippen LogP contribution in [0.3, 0.4) is 0 Å². The van der Waals surface area contributed by atoms with Crippen molar-refractivity contribution in [1.82, 2.24) is 20.4 Å². The molecule has 21 heavy (non-hydrogen) atoms. The summed E-state index contributed by atoms with van der Waals surface area (Å²) >= 11 is 0. The van der Waals surface area contributed by atoms with Crippen LogP contribution in [0.1, 0.15) is 12.8 Å². The van der Waals surface area contributed by atoms with Gasteiger partial charge in [0.05, 0.1) is 0 Å². The van der Waals surface area contributed by atoms with Crippen LogP contribution in [0.5, 0.6) is 5.88 Å². The van der Waals surface area contributed by atoms with Gasteiger partial charge in [0.25, 0.3) is 0 Å². The normalized spacial score (nSPS) is 15.9. The number of nitrogens with zero attached hydrogens (tertiary/aromatic N) is 5. The summed E-state index contributed by atoms with van der Waals surface area (Å²) in [5.74, 6) is 2.17. The van der Waals surface area contributed by atoms with Crippen molar-refractivity contribution in [1.29, 1.82) is 0 Å². The van der Waals surface area contributed by atoms with E-state index in [9.17, 15) is 0 Å². The van der Waals surface area contributed by atoms with Crippen molar-refractivity contribution in [2.75, 3.05) is 29.5 Å². The number of hydrogen-bond donors (Lipinski definition) is 2. The lowest BCUT2D eigenvalue weighted by molar-refractivity contribution is 0.162. The van der Waals surface area contributed by atoms with Gasteiger partial charge in [-0.25, -0.2) is 0 Å². The highest BCUT2D eigenvalue weighted by atomic mass is 16.5. The van der Waals surface area contributed by atoms with E-state index in [4.69, 9.17) is 16.2 Å². The molecule has 3 heterocycles. The average molecular weight is 287 g/mol. The number of nitrogen functional groups attached to an aromatic ring is 2. The third-order valence-corrected chi connectivity index (χ3v) is 3.39. The van der Waals surface area contributed by atoms with Gasteiger partial charge in [0.15, 0.2) is 5.82 Å². The van der Waals surface area contributed by atoms with Crippen molar-refractivity contribution in [3.8, 4) is 5.88 Å². The van der Waals surface area contributed by atoms with Crippen molar-refractivity contribution >= 4 is 17.5 Å². The molecule has 1 aliphatic rings. The number of anilines is 3. The molecular formula is C13H17N7O. The lowest BCUT2D eigenvalue weighted by Crippen LogP contribution is -2.38. The minimum absolute atomic E-state index is 0.126. The Kier molecular flexibility index (Phi) is 3.67. The molecule has 3 rings (SSSR count). The summed E-state index contributed by atoms with van der Waals surface area (Å²) in [6.45, 7) is 1.71. The van der Waals surface area contributed by atoms with E-state index in [1.807, 2.05) is 6.07 Å². The van der Waals surface area contributed by atoms with Gasteiger partial charge in [0.1, 0.15) is 17.7 Å². The fraction of sp³-hybridized carbons (Fsp3) is 0.385. The standard InChI is InChI=1S/C13H17N7O/c14-10-1-3-12(18-16-10)20-7-5-9(6-8-20)21-13-4-2-11(15)17-19-13/h1-4,9H,5-8H2,(H2,14,16)(H2,15,17). The van der Waals surface area contributed by atoms with Crippen LogP contribution in [0.2, 0.25) is 0 Å². The molecule has 0 amide bonds. The van der Waals surface area contributed by atoms with Crippen molar-refractivity contribution in [2.45, 2.75) is 18.9 Å². The number of nitrogens with two attached hydrogens (primary N) is 2. The third kappa shape index (κ3) is 3.28. The molecular weight excluding hydrogens is 270 g/mol. The topological polar surface area (TPSA) is 116 Å². The summed E-state index contributed by atoms with van der Waals surface area (Å²) in [6.07, 6.45) is 1.90. The predicted molar refractivity (Wildman–Crippen MR) is 78.8 cm³/mol. The maximum Gasteiger partial charge on any atom is 0.233 e. The van der Waals surface area contributed by atoms with Gasteiger partial charge in [0, 0.05) is 32.0 Å². The first-order valence-electron chi connectivity index (χ1n) is 6.81. The Balaban J connectivity index is 1.55. The van der Waals surface area contributed by atoms with E-state index in [0.29, 0.717) is 17.5 Å². The lowest BCUT2D eigenvalue weighted by atomic mass is 10.1. The molecule has 2 aromatic heterocycles. The average Bonchev–Trinajstić information content (AvgIpc) is 2.51. The second-order valence-electron chi connectivity index (χ2n) is 4.92. The number of hydrogen-bond acceptors (Lipinski definition) is 8. The second-order valence-corrected chi connectivity index (χ2v) is 4.92. The van der Waals surface area contributed by atoms with Gasteiger partial charge in [-0.2, -0.15) is 0 Å². The van der Waals surface area contributed by atoms with Crippen molar-refractivity contribution in [2.24, 2.45) is 0 Å². The fourth-order valence-corrected chi connectivity index (χ4v) is 2.27. The molecule has 110 valence electrons. The zero-order valence-corrected chi connectivity index (χ0v) is 11.5. The molecule has 4 N–H and O–H groups in total. The van der Waals surface area contributed by atoms with E-state index in [1.54, 1.807) is 18.2 Å². The first kappa shape index (κ1) is 13.3. The number of aromatic nitrogens is 4. The minimum Gasteiger partial charge on any atom is -0.473 e. The number of ether oxygens (including phenoxy) is 1. The Morgan fingerprint density at radius 1 is 0.905 bits per heavy atom. The molecule has 0 radical (unpaired) electrons. The minimum atomic E-state index is 0.126. The van der Waals surface area contributed by atoms with Crippen molar-refractivity contribution in [3.63, 3.8) is 0 Å². The molecule has 0 aromatic carbocycles. The highest BCUT2D eigenvalue weighted by Gasteiger charge is 2.22. The summed E-state index contributed by atoms with van der Waals surface area (Å²) in [7, 11) is 0. The van der Waals surface area contributed by atoms with Gasteiger partial charge >= 0.3 is 0 Å². The maximum absolute atomic E-state index is 5.80. The molecule has 0 atom stereocenters. The molecule has 8 heteroatoms. The van der Waals surface area contributed by atoms with Crippen LogP contribution in [0.4, 0.5) is 17.5 Å². The molecule has 0 unspecified atom stereocenters. The highest BCUT2D eigenvalue weighted by molar-refractivity contribution is 5.41. The van der Waals surface area contributed by atoms with Gasteiger partial charge in [-0.3, -0.25) is 0 Å². The van der Waals surface area contributed by atoms with E-state index in [-0.39, 0.29) is 6.10 Å². The largest absolute Gasteiger partial charge is 0.473 e. The molecule has 0 aliphatic carbocycles. The number of rotatable bonds is 3. The SMILES string of the molecule is Nc1ccc(OC2CCN(c3ccc(N)nn3)CC2)nn1. The molecule has 1 aliphatic heterocycles. The molecule has 0 saturated carbocycles. The van der Waals surface area contributed by atoms with E-state index < -0.39 is 0 Å². The molecule has 0 spiro atoms. The summed E-state index contributed by atoms with van der Waals surface area (Å²) in [6, 6.07) is 7.06. The fourth-order valence-electron chi connectivity index (χ4n) is 2.27. The Morgan fingerprint density at radius 3 is 2.14 bits per heavy atom. The first-order chi connectivity index (χ1) is 10.2. The smallest absolute Gasteiger partial charge is 0.233 e. The Labute approximate surface area is 122 Å². The molecule has 1 saturated heterocycles. The van der Waals surface area contributed by atoms with Crippen molar-refractivity contribution in [3.05, 3.63) is 24.3 Å². The van der Waals surface area contributed by atoms with Gasteiger partial charge < -0.3 is 21.1 Å². The zero-order chi connectivity index (χ0) is 14.7. The van der Waals surface area contributed by atoms with Crippen LogP contribution in [0, 0.1) is 0 Å². The van der Waals surface area contributed by atoms with E-state index in [1.165, 1.54) is 0 Å². The van der Waals surface area contributed by atoms with Crippen LogP contribution in [0.15, 0.2) is 24.3 Å². The van der Waals surface area contributed by atoms with E-state index in [0.717, 1.165) is 31.7 Å². The third-order valence-electron chi connectivity index (χ3n) is 3.39. The zero-order valence-electron chi connectivity index (χ0n) is 11.5. The monoisotopic (exact) mass is 287 g/mol. The van der Waals surface area contributed by atoms with Crippen LogP contribution < -0.4 is 21.1 Å². The van der Waals surface area contributed by atoms with Gasteiger partial charge in [-0.15, -0.1) is 20.4 Å². The van der Waals surface area contributed by atoms with E-state index in [2.05, 4.69) is 25.3 Å². The second kappa shape index (κ2) is 5.78. The van der Waals surface area contributed by atoms with Crippen molar-refractivity contribution < 1.29 is 4.74 Å². The van der Waals surface area contributed by atoms with Crippen LogP contribution in [-0.4, -0.2) is 39.6 Å². The molecule has 8 nitrogen and oxygen atoms in total. The van der Waals surface area contributed by atoms with Crippen LogP contribution >= 0.6 is 0 Å². The Bertz CT molecular complexity index is 578. The Hall–Kier alpha value is -2.64. The highest BCUT2D eigenvalue weighted by Crippen LogP contribution is 2.20. The van der Waals surface area contributed by atoms with Crippen LogP contribution in [-0.2, 0) is 0 Å². The lowest BCUT2D eigenvalue weighted by Gasteiger charge is -2.32. The van der Waals surface area contributed by atoms with Gasteiger partial charge in [0.2, 0.25) is 5.88 Å². The van der Waals surface area contributed by atoms with Gasteiger partial charge in [-0.1, -0.05) is 0 Å².